The standard InChI is InChI=1S/C19H23BrN2O4S/c1-3-27(24,25)26-15-7-5-14(6-8-15)22-19-16-10-13(20)4-9-18(16)21-11-17(19)12(2)23/h4,9-11,14-15H,3,5-8H2,1-2H3,(H,21,22). The van der Waals surface area contributed by atoms with Gasteiger partial charge in [-0.25, -0.2) is 0 Å². The maximum absolute atomic E-state index is 12.1. The van der Waals surface area contributed by atoms with E-state index < -0.39 is 10.1 Å². The monoisotopic (exact) mass is 454 g/mol. The Morgan fingerprint density at radius 3 is 2.63 bits per heavy atom. The molecule has 0 saturated heterocycles. The summed E-state index contributed by atoms with van der Waals surface area (Å²) in [6.45, 7) is 3.12. The van der Waals surface area contributed by atoms with Gasteiger partial charge >= 0.3 is 0 Å². The van der Waals surface area contributed by atoms with Crippen molar-refractivity contribution in [3.63, 3.8) is 0 Å². The highest BCUT2D eigenvalue weighted by Gasteiger charge is 2.26. The summed E-state index contributed by atoms with van der Waals surface area (Å²) >= 11 is 3.48. The normalized spacial score (nSPS) is 20.6. The zero-order chi connectivity index (χ0) is 19.6. The highest BCUT2D eigenvalue weighted by Crippen LogP contribution is 2.32. The number of ketones is 1. The van der Waals surface area contributed by atoms with Gasteiger partial charge < -0.3 is 5.32 Å². The lowest BCUT2D eigenvalue weighted by Gasteiger charge is -2.30. The fourth-order valence-electron chi connectivity index (χ4n) is 3.37. The van der Waals surface area contributed by atoms with Crippen molar-refractivity contribution in [2.24, 2.45) is 0 Å². The molecule has 1 saturated carbocycles. The molecule has 1 fully saturated rings. The van der Waals surface area contributed by atoms with Gasteiger partial charge in [-0.3, -0.25) is 14.0 Å². The van der Waals surface area contributed by atoms with E-state index in [1.807, 2.05) is 18.2 Å². The highest BCUT2D eigenvalue weighted by molar-refractivity contribution is 9.10. The summed E-state index contributed by atoms with van der Waals surface area (Å²) in [6, 6.07) is 5.94. The minimum Gasteiger partial charge on any atom is -0.381 e. The second-order valence-electron chi connectivity index (χ2n) is 6.83. The number of hydrogen-bond acceptors (Lipinski definition) is 6. The number of carbonyl (C=O) groups is 1. The van der Waals surface area contributed by atoms with E-state index in [0.29, 0.717) is 18.4 Å². The van der Waals surface area contributed by atoms with Gasteiger partial charge in [0, 0.05) is 22.1 Å². The number of benzene rings is 1. The molecule has 0 spiro atoms. The second-order valence-corrected chi connectivity index (χ2v) is 9.63. The average Bonchev–Trinajstić information content (AvgIpc) is 2.63. The Morgan fingerprint density at radius 2 is 2.00 bits per heavy atom. The van der Waals surface area contributed by atoms with Crippen molar-refractivity contribution < 1.29 is 17.4 Å². The van der Waals surface area contributed by atoms with Crippen LogP contribution < -0.4 is 5.32 Å². The lowest BCUT2D eigenvalue weighted by Crippen LogP contribution is -2.31. The fraction of sp³-hybridized carbons (Fsp3) is 0.474. The van der Waals surface area contributed by atoms with Gasteiger partial charge in [0.05, 0.1) is 28.6 Å². The molecule has 0 bridgehead atoms. The number of Topliss-reactive ketones (excluding diaryl/α,β-unsaturated/α-hetero) is 1. The average molecular weight is 455 g/mol. The van der Waals surface area contributed by atoms with Crippen LogP contribution in [0.3, 0.4) is 0 Å². The van der Waals surface area contributed by atoms with Gasteiger partial charge in [0.1, 0.15) is 0 Å². The number of rotatable bonds is 6. The predicted molar refractivity (Wildman–Crippen MR) is 110 cm³/mol. The molecule has 146 valence electrons. The van der Waals surface area contributed by atoms with Crippen molar-refractivity contribution in [2.45, 2.75) is 51.7 Å². The lowest BCUT2D eigenvalue weighted by atomic mass is 9.92. The number of carbonyl (C=O) groups excluding carboxylic acids is 1. The SMILES string of the molecule is CCS(=O)(=O)OC1CCC(Nc2c(C(C)=O)cnc3ccc(Br)cc23)CC1. The van der Waals surface area contributed by atoms with Crippen molar-refractivity contribution >= 4 is 48.4 Å². The first-order chi connectivity index (χ1) is 12.8. The Morgan fingerprint density at radius 1 is 1.30 bits per heavy atom. The van der Waals surface area contributed by atoms with Crippen LogP contribution >= 0.6 is 15.9 Å². The number of aromatic nitrogens is 1. The Labute approximate surface area is 168 Å². The van der Waals surface area contributed by atoms with Gasteiger partial charge in [-0.15, -0.1) is 0 Å². The van der Waals surface area contributed by atoms with E-state index in [0.717, 1.165) is 33.9 Å². The van der Waals surface area contributed by atoms with Crippen molar-refractivity contribution in [1.29, 1.82) is 0 Å². The number of nitrogens with one attached hydrogen (secondary N) is 1. The topological polar surface area (TPSA) is 85.4 Å². The highest BCUT2D eigenvalue weighted by atomic mass is 79.9. The van der Waals surface area contributed by atoms with Crippen LogP contribution in [0.4, 0.5) is 5.69 Å². The van der Waals surface area contributed by atoms with Crippen molar-refractivity contribution in [1.82, 2.24) is 4.98 Å². The Balaban J connectivity index is 1.80. The minimum absolute atomic E-state index is 0.00890. The molecule has 1 aromatic heterocycles. The van der Waals surface area contributed by atoms with E-state index in [1.165, 1.54) is 6.92 Å². The zero-order valence-electron chi connectivity index (χ0n) is 15.4. The number of nitrogens with zero attached hydrogens (tertiary/aromatic N) is 1. The number of halogens is 1. The van der Waals surface area contributed by atoms with Crippen LogP contribution in [0, 0.1) is 0 Å². The number of anilines is 1. The summed E-state index contributed by atoms with van der Waals surface area (Å²) in [5.74, 6) is -0.0525. The third kappa shape index (κ3) is 4.86. The molecule has 1 aromatic carbocycles. The van der Waals surface area contributed by atoms with Crippen LogP contribution in [-0.2, 0) is 14.3 Å². The third-order valence-electron chi connectivity index (χ3n) is 4.87. The number of fused-ring (bicyclic) bond motifs is 1. The Kier molecular flexibility index (Phi) is 6.18. The molecule has 0 atom stereocenters. The molecule has 27 heavy (non-hydrogen) atoms. The quantitative estimate of drug-likeness (QED) is 0.517. The van der Waals surface area contributed by atoms with Crippen LogP contribution in [0.15, 0.2) is 28.9 Å². The number of hydrogen-bond donors (Lipinski definition) is 1. The van der Waals surface area contributed by atoms with Gasteiger partial charge in [-0.2, -0.15) is 8.42 Å². The van der Waals surface area contributed by atoms with E-state index in [-0.39, 0.29) is 23.7 Å². The fourth-order valence-corrected chi connectivity index (χ4v) is 4.47. The third-order valence-corrected chi connectivity index (χ3v) is 6.63. The van der Waals surface area contributed by atoms with E-state index in [9.17, 15) is 13.2 Å². The van der Waals surface area contributed by atoms with Gasteiger partial charge in [0.2, 0.25) is 0 Å². The summed E-state index contributed by atoms with van der Waals surface area (Å²) in [4.78, 5) is 16.5. The molecular formula is C19H23BrN2O4S. The van der Waals surface area contributed by atoms with Crippen LogP contribution in [0.2, 0.25) is 0 Å². The smallest absolute Gasteiger partial charge is 0.267 e. The predicted octanol–water partition coefficient (Wildman–Crippen LogP) is 4.29. The Hall–Kier alpha value is -1.51. The molecule has 1 aliphatic carbocycles. The molecule has 2 aromatic rings. The van der Waals surface area contributed by atoms with E-state index in [1.54, 1.807) is 13.1 Å². The van der Waals surface area contributed by atoms with Gasteiger partial charge in [-0.1, -0.05) is 15.9 Å². The van der Waals surface area contributed by atoms with E-state index >= 15 is 0 Å². The minimum atomic E-state index is -3.43. The first-order valence-electron chi connectivity index (χ1n) is 9.05. The molecule has 1 N–H and O–H groups in total. The molecule has 0 aliphatic heterocycles. The van der Waals surface area contributed by atoms with E-state index in [2.05, 4.69) is 26.2 Å². The van der Waals surface area contributed by atoms with Crippen molar-refractivity contribution in [3.8, 4) is 0 Å². The largest absolute Gasteiger partial charge is 0.381 e. The summed E-state index contributed by atoms with van der Waals surface area (Å²) in [5, 5.41) is 4.40. The molecule has 0 radical (unpaired) electrons. The maximum Gasteiger partial charge on any atom is 0.267 e. The van der Waals surface area contributed by atoms with Crippen molar-refractivity contribution in [3.05, 3.63) is 34.4 Å². The van der Waals surface area contributed by atoms with Gasteiger partial charge in [0.25, 0.3) is 10.1 Å². The van der Waals surface area contributed by atoms with Crippen LogP contribution in [0.25, 0.3) is 10.9 Å². The van der Waals surface area contributed by atoms with Gasteiger partial charge in [0.15, 0.2) is 5.78 Å². The molecule has 0 amide bonds. The summed E-state index contributed by atoms with van der Waals surface area (Å²) in [6.07, 6.45) is 4.24. The maximum atomic E-state index is 12.1. The summed E-state index contributed by atoms with van der Waals surface area (Å²) in [7, 11) is -3.43. The molecule has 1 heterocycles. The summed E-state index contributed by atoms with van der Waals surface area (Å²) < 4.78 is 29.5. The van der Waals surface area contributed by atoms with Crippen LogP contribution in [0.1, 0.15) is 49.9 Å². The second kappa shape index (κ2) is 8.24. The summed E-state index contributed by atoms with van der Waals surface area (Å²) in [5.41, 5.74) is 2.17. The zero-order valence-corrected chi connectivity index (χ0v) is 17.8. The van der Waals surface area contributed by atoms with Crippen LogP contribution in [0.5, 0.6) is 0 Å². The number of pyridine rings is 1. The lowest BCUT2D eigenvalue weighted by molar-refractivity contribution is 0.101. The van der Waals surface area contributed by atoms with Crippen molar-refractivity contribution in [2.75, 3.05) is 11.1 Å². The molecule has 6 nitrogen and oxygen atoms in total. The molecule has 1 aliphatic rings. The molecule has 8 heteroatoms. The first-order valence-corrected chi connectivity index (χ1v) is 11.4. The molecular weight excluding hydrogens is 432 g/mol. The van der Waals surface area contributed by atoms with Crippen LogP contribution in [-0.4, -0.2) is 37.1 Å². The molecule has 3 rings (SSSR count). The molecule has 0 unspecified atom stereocenters. The van der Waals surface area contributed by atoms with E-state index in [4.69, 9.17) is 4.18 Å². The van der Waals surface area contributed by atoms with Gasteiger partial charge in [-0.05, 0) is 57.7 Å². The Bertz CT molecular complexity index is 954. The first kappa shape index (κ1) is 20.2.